The first-order valence-corrected chi connectivity index (χ1v) is 8.45. The fraction of sp³-hybridized carbons (Fsp3) is 0.579. The number of rotatable bonds is 10. The van der Waals surface area contributed by atoms with E-state index in [-0.39, 0.29) is 6.61 Å². The van der Waals surface area contributed by atoms with Crippen LogP contribution in [0.25, 0.3) is 0 Å². The lowest BCUT2D eigenvalue weighted by Crippen LogP contribution is -1.96. The van der Waals surface area contributed by atoms with E-state index in [1.165, 1.54) is 16.7 Å². The van der Waals surface area contributed by atoms with Gasteiger partial charge in [-0.05, 0) is 53.4 Å². The number of aliphatic hydroxyl groups is 1. The molecule has 0 aliphatic heterocycles. The first-order chi connectivity index (χ1) is 11.0. The third-order valence-corrected chi connectivity index (χ3v) is 3.70. The van der Waals surface area contributed by atoms with E-state index in [0.29, 0.717) is 6.42 Å². The third-order valence-electron chi connectivity index (χ3n) is 3.70. The number of aromatic nitrogens is 3. The number of hydrogen-bond acceptors (Lipinski definition) is 3. The van der Waals surface area contributed by atoms with Gasteiger partial charge >= 0.3 is 0 Å². The molecule has 0 radical (unpaired) electrons. The Balaban J connectivity index is 2.31. The molecule has 0 saturated heterocycles. The van der Waals surface area contributed by atoms with Gasteiger partial charge in [0.25, 0.3) is 0 Å². The van der Waals surface area contributed by atoms with Crippen LogP contribution in [0.4, 0.5) is 0 Å². The van der Waals surface area contributed by atoms with Crippen molar-refractivity contribution in [1.82, 2.24) is 15.0 Å². The molecule has 0 aliphatic rings. The van der Waals surface area contributed by atoms with Gasteiger partial charge in [0.2, 0.25) is 0 Å². The summed E-state index contributed by atoms with van der Waals surface area (Å²) in [4.78, 5) is 0. The molecule has 1 heterocycles. The quantitative estimate of drug-likeness (QED) is 0.657. The molecule has 0 unspecified atom stereocenters. The molecule has 4 nitrogen and oxygen atoms in total. The van der Waals surface area contributed by atoms with Crippen LogP contribution in [0.3, 0.4) is 0 Å². The van der Waals surface area contributed by atoms with Crippen molar-refractivity contribution in [2.75, 3.05) is 6.61 Å². The summed E-state index contributed by atoms with van der Waals surface area (Å²) >= 11 is 0. The summed E-state index contributed by atoms with van der Waals surface area (Å²) in [6.45, 7) is 9.54. The molecule has 1 rings (SSSR count). The normalized spacial score (nSPS) is 12.6. The maximum Gasteiger partial charge on any atom is 0.0850 e. The maximum atomic E-state index is 8.87. The molecule has 128 valence electrons. The third kappa shape index (κ3) is 9.14. The maximum absolute atomic E-state index is 8.87. The Kier molecular flexibility index (Phi) is 9.22. The minimum Gasteiger partial charge on any atom is -0.396 e. The van der Waals surface area contributed by atoms with Gasteiger partial charge in [-0.3, -0.25) is 0 Å². The van der Waals surface area contributed by atoms with Crippen LogP contribution in [0.1, 0.15) is 59.1 Å². The van der Waals surface area contributed by atoms with E-state index in [1.807, 2.05) is 10.9 Å². The van der Waals surface area contributed by atoms with E-state index in [1.54, 1.807) is 0 Å². The number of nitrogens with zero attached hydrogens (tertiary/aromatic N) is 3. The first kappa shape index (κ1) is 19.4. The minimum absolute atomic E-state index is 0.118. The largest absolute Gasteiger partial charge is 0.396 e. The number of hydrogen-bond donors (Lipinski definition) is 1. The highest BCUT2D eigenvalue weighted by Crippen LogP contribution is 2.11. The van der Waals surface area contributed by atoms with Crippen molar-refractivity contribution in [3.63, 3.8) is 0 Å². The molecule has 1 N–H and O–H groups in total. The van der Waals surface area contributed by atoms with Crippen molar-refractivity contribution in [2.45, 2.75) is 66.3 Å². The van der Waals surface area contributed by atoms with E-state index in [4.69, 9.17) is 5.11 Å². The van der Waals surface area contributed by atoms with E-state index in [9.17, 15) is 0 Å². The average Bonchev–Trinajstić information content (AvgIpc) is 2.93. The molecular weight excluding hydrogens is 286 g/mol. The van der Waals surface area contributed by atoms with Gasteiger partial charge in [0.05, 0.1) is 12.2 Å². The van der Waals surface area contributed by atoms with E-state index in [0.717, 1.165) is 37.9 Å². The first-order valence-electron chi connectivity index (χ1n) is 8.45. The van der Waals surface area contributed by atoms with Crippen LogP contribution in [0, 0.1) is 0 Å². The molecule has 0 aromatic carbocycles. The summed E-state index contributed by atoms with van der Waals surface area (Å²) in [5.41, 5.74) is 5.08. The topological polar surface area (TPSA) is 50.9 Å². The molecule has 0 amide bonds. The molecular formula is C19H31N3O. The van der Waals surface area contributed by atoms with Gasteiger partial charge in [0, 0.05) is 19.2 Å². The number of aliphatic hydroxyl groups excluding tert-OH is 1. The van der Waals surface area contributed by atoms with E-state index >= 15 is 0 Å². The highest BCUT2D eigenvalue weighted by atomic mass is 16.3. The zero-order chi connectivity index (χ0) is 17.1. The Hall–Kier alpha value is -1.68. The Bertz CT molecular complexity index is 549. The summed E-state index contributed by atoms with van der Waals surface area (Å²) in [7, 11) is 0. The fourth-order valence-electron chi connectivity index (χ4n) is 2.25. The van der Waals surface area contributed by atoms with Gasteiger partial charge in [-0.15, -0.1) is 5.10 Å². The summed E-state index contributed by atoms with van der Waals surface area (Å²) in [6.07, 6.45) is 13.8. The van der Waals surface area contributed by atoms with Crippen LogP contribution in [-0.2, 0) is 13.0 Å². The van der Waals surface area contributed by atoms with Crippen LogP contribution in [-0.4, -0.2) is 26.7 Å². The van der Waals surface area contributed by atoms with Crippen molar-refractivity contribution < 1.29 is 5.11 Å². The number of allylic oxidation sites excluding steroid dienone is 6. The SMILES string of the molecule is CC(C)=CCC/C(C)=C/CC/C(C)=C\Cn1cc(CCO)nn1. The van der Waals surface area contributed by atoms with Crippen LogP contribution in [0.2, 0.25) is 0 Å². The Morgan fingerprint density at radius 2 is 1.70 bits per heavy atom. The monoisotopic (exact) mass is 317 g/mol. The second-order valence-corrected chi connectivity index (χ2v) is 6.37. The molecule has 0 aliphatic carbocycles. The Morgan fingerprint density at radius 3 is 2.35 bits per heavy atom. The molecule has 1 aromatic rings. The van der Waals surface area contributed by atoms with Crippen molar-refractivity contribution in [2.24, 2.45) is 0 Å². The summed E-state index contributed by atoms with van der Waals surface area (Å²) in [5, 5.41) is 16.9. The van der Waals surface area contributed by atoms with E-state index in [2.05, 4.69) is 56.2 Å². The van der Waals surface area contributed by atoms with E-state index < -0.39 is 0 Å². The zero-order valence-corrected chi connectivity index (χ0v) is 15.0. The standard InChI is InChI=1S/C19H31N3O/c1-16(2)7-5-8-17(3)9-6-10-18(4)11-13-22-15-19(12-14-23)20-21-22/h7,9,11,15,23H,5-6,8,10,12-14H2,1-4H3/b17-9+,18-11-. The molecule has 4 heteroatoms. The van der Waals surface area contributed by atoms with Gasteiger partial charge < -0.3 is 5.11 Å². The Morgan fingerprint density at radius 1 is 1.04 bits per heavy atom. The van der Waals surface area contributed by atoms with Gasteiger partial charge in [0.15, 0.2) is 0 Å². The van der Waals surface area contributed by atoms with Crippen LogP contribution in [0.5, 0.6) is 0 Å². The van der Waals surface area contributed by atoms with Crippen LogP contribution >= 0.6 is 0 Å². The highest BCUT2D eigenvalue weighted by Gasteiger charge is 1.98. The minimum atomic E-state index is 0.118. The molecule has 23 heavy (non-hydrogen) atoms. The Labute approximate surface area is 140 Å². The molecule has 0 fully saturated rings. The molecule has 0 spiro atoms. The van der Waals surface area contributed by atoms with Crippen molar-refractivity contribution >= 4 is 0 Å². The fourth-order valence-corrected chi connectivity index (χ4v) is 2.25. The molecule has 1 aromatic heterocycles. The van der Waals surface area contributed by atoms with Crippen molar-refractivity contribution in [3.05, 3.63) is 46.8 Å². The van der Waals surface area contributed by atoms with Crippen LogP contribution < -0.4 is 0 Å². The van der Waals surface area contributed by atoms with Gasteiger partial charge in [-0.25, -0.2) is 4.68 Å². The van der Waals surface area contributed by atoms with Gasteiger partial charge in [0.1, 0.15) is 0 Å². The molecule has 0 bridgehead atoms. The average molecular weight is 317 g/mol. The van der Waals surface area contributed by atoms with Crippen LogP contribution in [0.15, 0.2) is 41.1 Å². The second-order valence-electron chi connectivity index (χ2n) is 6.37. The van der Waals surface area contributed by atoms with Gasteiger partial charge in [-0.2, -0.15) is 0 Å². The predicted octanol–water partition coefficient (Wildman–Crippen LogP) is 4.23. The van der Waals surface area contributed by atoms with Crippen molar-refractivity contribution in [1.29, 1.82) is 0 Å². The van der Waals surface area contributed by atoms with Crippen molar-refractivity contribution in [3.8, 4) is 0 Å². The predicted molar refractivity (Wildman–Crippen MR) is 96.2 cm³/mol. The molecule has 0 saturated carbocycles. The summed E-state index contributed by atoms with van der Waals surface area (Å²) < 4.78 is 1.81. The summed E-state index contributed by atoms with van der Waals surface area (Å²) in [6, 6.07) is 0. The zero-order valence-electron chi connectivity index (χ0n) is 15.0. The van der Waals surface area contributed by atoms with Gasteiger partial charge in [-0.1, -0.05) is 40.2 Å². The lowest BCUT2D eigenvalue weighted by Gasteiger charge is -2.02. The smallest absolute Gasteiger partial charge is 0.0850 e. The lowest BCUT2D eigenvalue weighted by molar-refractivity contribution is 0.298. The summed E-state index contributed by atoms with van der Waals surface area (Å²) in [5.74, 6) is 0. The molecule has 0 atom stereocenters. The second kappa shape index (κ2) is 10.9. The lowest BCUT2D eigenvalue weighted by atomic mass is 10.1. The highest BCUT2D eigenvalue weighted by molar-refractivity contribution is 5.05.